The first-order valence-corrected chi connectivity index (χ1v) is 9.20. The van der Waals surface area contributed by atoms with Gasteiger partial charge in [0, 0.05) is 17.7 Å². The molecule has 1 aromatic heterocycles. The first-order valence-electron chi connectivity index (χ1n) is 9.20. The van der Waals surface area contributed by atoms with Crippen LogP contribution in [0.5, 0.6) is 5.75 Å². The molecule has 0 radical (unpaired) electrons. The van der Waals surface area contributed by atoms with Gasteiger partial charge in [0.05, 0.1) is 12.8 Å². The maximum atomic E-state index is 13.7. The normalized spacial score (nSPS) is 21.9. The minimum atomic E-state index is -5.21. The summed E-state index contributed by atoms with van der Waals surface area (Å²) in [6, 6.07) is 6.46. The van der Waals surface area contributed by atoms with Gasteiger partial charge in [0.2, 0.25) is 5.95 Å². The molecule has 0 saturated heterocycles. The topological polar surface area (TPSA) is 70.8 Å². The van der Waals surface area contributed by atoms with Gasteiger partial charge in [-0.2, -0.15) is 36.5 Å². The van der Waals surface area contributed by atoms with Gasteiger partial charge in [-0.15, -0.1) is 0 Å². The predicted molar refractivity (Wildman–Crippen MR) is 97.3 cm³/mol. The summed E-state index contributed by atoms with van der Waals surface area (Å²) in [6.07, 6.45) is -9.86. The Labute approximate surface area is 172 Å². The minimum Gasteiger partial charge on any atom is -0.497 e. The Kier molecular flexibility index (Phi) is 4.87. The number of benzene rings is 1. The van der Waals surface area contributed by atoms with Gasteiger partial charge in [0.1, 0.15) is 5.75 Å². The van der Waals surface area contributed by atoms with E-state index in [1.807, 2.05) is 0 Å². The van der Waals surface area contributed by atoms with Crippen LogP contribution in [-0.2, 0) is 6.18 Å². The van der Waals surface area contributed by atoms with Crippen LogP contribution >= 0.6 is 0 Å². The second-order valence-corrected chi connectivity index (χ2v) is 7.34. The molecule has 1 atom stereocenters. The first kappa shape index (κ1) is 21.3. The average molecular weight is 446 g/mol. The van der Waals surface area contributed by atoms with Gasteiger partial charge in [-0.05, 0) is 37.0 Å². The molecule has 2 heterocycles. The van der Waals surface area contributed by atoms with E-state index in [1.165, 1.54) is 25.3 Å². The zero-order valence-electron chi connectivity index (χ0n) is 16.0. The zero-order chi connectivity index (χ0) is 22.6. The van der Waals surface area contributed by atoms with Gasteiger partial charge in [-0.25, -0.2) is 9.97 Å². The Morgan fingerprint density at radius 2 is 1.81 bits per heavy atom. The van der Waals surface area contributed by atoms with E-state index in [2.05, 4.69) is 15.1 Å². The SMILES string of the molecule is COc1cccc(-c2cc(C(F)(F)F)nc(N3N=C(C4CC4)CC3(O)C(F)(F)F)n2)c1. The summed E-state index contributed by atoms with van der Waals surface area (Å²) in [7, 11) is 1.35. The van der Waals surface area contributed by atoms with Crippen LogP contribution < -0.4 is 9.75 Å². The highest BCUT2D eigenvalue weighted by atomic mass is 19.4. The van der Waals surface area contributed by atoms with Crippen LogP contribution in [0.25, 0.3) is 11.3 Å². The molecule has 31 heavy (non-hydrogen) atoms. The summed E-state index contributed by atoms with van der Waals surface area (Å²) >= 11 is 0. The maximum absolute atomic E-state index is 13.7. The lowest BCUT2D eigenvalue weighted by molar-refractivity contribution is -0.254. The standard InChI is InChI=1S/C19H16F6N4O2/c1-31-12-4-2-3-11(7-12)13-8-15(18(20,21)22)27-16(26-13)29-17(30,19(23,24)25)9-14(28-29)10-5-6-10/h2-4,7-8,10,30H,5-6,9H2,1H3. The van der Waals surface area contributed by atoms with Crippen LogP contribution in [0.4, 0.5) is 32.3 Å². The molecule has 0 bridgehead atoms. The van der Waals surface area contributed by atoms with E-state index in [4.69, 9.17) is 4.74 Å². The van der Waals surface area contributed by atoms with Crippen molar-refractivity contribution in [2.24, 2.45) is 11.0 Å². The number of nitrogens with zero attached hydrogens (tertiary/aromatic N) is 4. The molecule has 1 unspecified atom stereocenters. The fourth-order valence-corrected chi connectivity index (χ4v) is 3.25. The Hall–Kier alpha value is -2.89. The summed E-state index contributed by atoms with van der Waals surface area (Å²) in [5.74, 6) is -0.932. The minimum absolute atomic E-state index is 0.0551. The van der Waals surface area contributed by atoms with Crippen molar-refractivity contribution in [3.05, 3.63) is 36.0 Å². The third-order valence-corrected chi connectivity index (χ3v) is 5.07. The monoisotopic (exact) mass is 446 g/mol. The van der Waals surface area contributed by atoms with E-state index in [0.29, 0.717) is 24.7 Å². The maximum Gasteiger partial charge on any atom is 0.438 e. The highest BCUT2D eigenvalue weighted by Gasteiger charge is 2.63. The second kappa shape index (κ2) is 7.08. The average Bonchev–Trinajstić information content (AvgIpc) is 3.48. The number of hydrogen-bond acceptors (Lipinski definition) is 6. The molecule has 1 aliphatic heterocycles. The molecule has 12 heteroatoms. The number of methoxy groups -OCH3 is 1. The zero-order valence-corrected chi connectivity index (χ0v) is 16.0. The molecular weight excluding hydrogens is 430 g/mol. The highest BCUT2D eigenvalue weighted by Crippen LogP contribution is 2.47. The van der Waals surface area contributed by atoms with Gasteiger partial charge in [0.25, 0.3) is 5.72 Å². The summed E-state index contributed by atoms with van der Waals surface area (Å²) in [5, 5.41) is 14.3. The van der Waals surface area contributed by atoms with E-state index < -0.39 is 36.1 Å². The molecule has 166 valence electrons. The molecule has 2 aromatic rings. The molecule has 2 aliphatic rings. The second-order valence-electron chi connectivity index (χ2n) is 7.34. The number of hydrazone groups is 1. The third-order valence-electron chi connectivity index (χ3n) is 5.07. The van der Waals surface area contributed by atoms with Crippen molar-refractivity contribution in [1.82, 2.24) is 9.97 Å². The number of rotatable bonds is 4. The van der Waals surface area contributed by atoms with Crippen LogP contribution in [0, 0.1) is 5.92 Å². The number of ether oxygens (including phenoxy) is 1. The summed E-state index contributed by atoms with van der Waals surface area (Å²) in [4.78, 5) is 7.16. The summed E-state index contributed by atoms with van der Waals surface area (Å²) in [5.41, 5.74) is -5.08. The third kappa shape index (κ3) is 3.91. The molecule has 6 nitrogen and oxygen atoms in total. The molecule has 1 fully saturated rings. The molecular formula is C19H16F6N4O2. The van der Waals surface area contributed by atoms with E-state index in [1.54, 1.807) is 6.07 Å². The van der Waals surface area contributed by atoms with Crippen molar-refractivity contribution in [3.8, 4) is 17.0 Å². The van der Waals surface area contributed by atoms with E-state index in [0.717, 1.165) is 0 Å². The number of hydrogen-bond donors (Lipinski definition) is 1. The van der Waals surface area contributed by atoms with Crippen LogP contribution in [0.1, 0.15) is 25.0 Å². The lowest BCUT2D eigenvalue weighted by Gasteiger charge is -2.32. The van der Waals surface area contributed by atoms with Crippen LogP contribution in [0.2, 0.25) is 0 Å². The van der Waals surface area contributed by atoms with Gasteiger partial charge in [-0.3, -0.25) is 0 Å². The predicted octanol–water partition coefficient (Wildman–Crippen LogP) is 4.40. The molecule has 0 spiro atoms. The van der Waals surface area contributed by atoms with E-state index in [-0.39, 0.29) is 27.9 Å². The van der Waals surface area contributed by atoms with Gasteiger partial charge >= 0.3 is 12.4 Å². The van der Waals surface area contributed by atoms with Crippen molar-refractivity contribution in [2.45, 2.75) is 37.3 Å². The first-order chi connectivity index (χ1) is 14.4. The Balaban J connectivity index is 1.88. The Bertz CT molecular complexity index is 1030. The lowest BCUT2D eigenvalue weighted by Crippen LogP contribution is -2.55. The van der Waals surface area contributed by atoms with Gasteiger partial charge in [-0.1, -0.05) is 12.1 Å². The number of aromatic nitrogens is 2. The van der Waals surface area contributed by atoms with Crippen molar-refractivity contribution < 1.29 is 36.2 Å². The number of halogens is 6. The van der Waals surface area contributed by atoms with Crippen molar-refractivity contribution in [3.63, 3.8) is 0 Å². The van der Waals surface area contributed by atoms with Crippen LogP contribution in [-0.4, -0.2) is 39.8 Å². The number of aliphatic hydroxyl groups is 1. The molecule has 1 N–H and O–H groups in total. The highest BCUT2D eigenvalue weighted by molar-refractivity contribution is 5.92. The molecule has 0 amide bonds. The fourth-order valence-electron chi connectivity index (χ4n) is 3.25. The van der Waals surface area contributed by atoms with Crippen LogP contribution in [0.3, 0.4) is 0 Å². The quantitative estimate of drug-likeness (QED) is 0.706. The Morgan fingerprint density at radius 1 is 1.10 bits per heavy atom. The Morgan fingerprint density at radius 3 is 2.39 bits per heavy atom. The van der Waals surface area contributed by atoms with Crippen molar-refractivity contribution >= 4 is 11.7 Å². The van der Waals surface area contributed by atoms with E-state index >= 15 is 0 Å². The summed E-state index contributed by atoms with van der Waals surface area (Å²) < 4.78 is 86.7. The number of anilines is 1. The largest absolute Gasteiger partial charge is 0.497 e. The molecule has 1 saturated carbocycles. The lowest BCUT2D eigenvalue weighted by atomic mass is 10.0. The molecule has 4 rings (SSSR count). The van der Waals surface area contributed by atoms with E-state index in [9.17, 15) is 31.4 Å². The summed E-state index contributed by atoms with van der Waals surface area (Å²) in [6.45, 7) is 0. The smallest absolute Gasteiger partial charge is 0.438 e. The van der Waals surface area contributed by atoms with Crippen molar-refractivity contribution in [1.29, 1.82) is 0 Å². The fraction of sp³-hybridized carbons (Fsp3) is 0.421. The molecule has 1 aliphatic carbocycles. The van der Waals surface area contributed by atoms with Gasteiger partial charge in [0.15, 0.2) is 5.69 Å². The van der Waals surface area contributed by atoms with Crippen molar-refractivity contribution in [2.75, 3.05) is 12.1 Å². The van der Waals surface area contributed by atoms with Crippen LogP contribution in [0.15, 0.2) is 35.4 Å². The van der Waals surface area contributed by atoms with Gasteiger partial charge < -0.3 is 9.84 Å². The number of alkyl halides is 6. The molecule has 1 aromatic carbocycles.